The summed E-state index contributed by atoms with van der Waals surface area (Å²) in [5.41, 5.74) is 10.8. The van der Waals surface area contributed by atoms with Gasteiger partial charge in [0.1, 0.15) is 11.5 Å². The highest BCUT2D eigenvalue weighted by Gasteiger charge is 2.18. The molecule has 0 spiro atoms. The van der Waals surface area contributed by atoms with Crippen LogP contribution in [0.4, 0.5) is 0 Å². The minimum absolute atomic E-state index is 0.262. The second kappa shape index (κ2) is 6.50. The fourth-order valence-corrected chi connectivity index (χ4v) is 2.85. The minimum atomic E-state index is -0.262. The number of hydrogen-bond donors (Lipinski definition) is 1. The van der Waals surface area contributed by atoms with E-state index in [-0.39, 0.29) is 6.04 Å². The van der Waals surface area contributed by atoms with Crippen molar-refractivity contribution < 1.29 is 9.47 Å². The first-order valence-corrected chi connectivity index (χ1v) is 7.51. The zero-order valence-electron chi connectivity index (χ0n) is 12.7. The molecule has 2 aromatic carbocycles. The Kier molecular flexibility index (Phi) is 4.91. The highest BCUT2D eigenvalue weighted by molar-refractivity contribution is 9.10. The first kappa shape index (κ1) is 15.9. The SMILES string of the molecule is COc1ccc(OC)c(C(N)c2cc(C)c(Br)cc2C)c1. The van der Waals surface area contributed by atoms with Gasteiger partial charge >= 0.3 is 0 Å². The van der Waals surface area contributed by atoms with Crippen LogP contribution >= 0.6 is 15.9 Å². The molecule has 0 aliphatic heterocycles. The molecule has 0 saturated carbocycles. The number of methoxy groups -OCH3 is 2. The normalized spacial score (nSPS) is 12.1. The van der Waals surface area contributed by atoms with Gasteiger partial charge in [-0.3, -0.25) is 0 Å². The second-order valence-electron chi connectivity index (χ2n) is 5.04. The van der Waals surface area contributed by atoms with Crippen molar-refractivity contribution in [1.29, 1.82) is 0 Å². The van der Waals surface area contributed by atoms with Crippen molar-refractivity contribution in [3.8, 4) is 11.5 Å². The quantitative estimate of drug-likeness (QED) is 0.902. The molecule has 3 nitrogen and oxygen atoms in total. The molecule has 0 amide bonds. The van der Waals surface area contributed by atoms with Gasteiger partial charge in [-0.15, -0.1) is 0 Å². The third kappa shape index (κ3) is 3.22. The average Bonchev–Trinajstić information content (AvgIpc) is 2.49. The van der Waals surface area contributed by atoms with Gasteiger partial charge in [-0.25, -0.2) is 0 Å². The Hall–Kier alpha value is -1.52. The van der Waals surface area contributed by atoms with Gasteiger partial charge in [0.05, 0.1) is 20.3 Å². The lowest BCUT2D eigenvalue weighted by atomic mass is 9.93. The summed E-state index contributed by atoms with van der Waals surface area (Å²) >= 11 is 3.55. The number of rotatable bonds is 4. The highest BCUT2D eigenvalue weighted by Crippen LogP contribution is 2.34. The molecule has 112 valence electrons. The predicted octanol–water partition coefficient (Wildman–Crippen LogP) is 4.13. The maximum absolute atomic E-state index is 6.49. The van der Waals surface area contributed by atoms with Crippen LogP contribution in [0.3, 0.4) is 0 Å². The van der Waals surface area contributed by atoms with Crippen LogP contribution in [0.1, 0.15) is 28.3 Å². The monoisotopic (exact) mass is 349 g/mol. The molecule has 0 aliphatic rings. The van der Waals surface area contributed by atoms with E-state index in [0.29, 0.717) is 0 Å². The molecular formula is C17H20BrNO2. The van der Waals surface area contributed by atoms with Crippen molar-refractivity contribution in [2.45, 2.75) is 19.9 Å². The summed E-state index contributed by atoms with van der Waals surface area (Å²) < 4.78 is 11.8. The molecule has 1 atom stereocenters. The number of benzene rings is 2. The number of aryl methyl sites for hydroxylation is 2. The molecule has 0 bridgehead atoms. The van der Waals surface area contributed by atoms with E-state index in [1.807, 2.05) is 18.2 Å². The van der Waals surface area contributed by atoms with E-state index in [1.165, 1.54) is 0 Å². The Morgan fingerprint density at radius 1 is 0.952 bits per heavy atom. The van der Waals surface area contributed by atoms with Crippen LogP contribution in [0.2, 0.25) is 0 Å². The molecule has 0 heterocycles. The Bertz CT molecular complexity index is 655. The number of hydrogen-bond acceptors (Lipinski definition) is 3. The summed E-state index contributed by atoms with van der Waals surface area (Å²) in [4.78, 5) is 0. The van der Waals surface area contributed by atoms with E-state index in [0.717, 1.165) is 38.2 Å². The van der Waals surface area contributed by atoms with Gasteiger partial charge in [0.25, 0.3) is 0 Å². The topological polar surface area (TPSA) is 44.5 Å². The molecule has 21 heavy (non-hydrogen) atoms. The van der Waals surface area contributed by atoms with Gasteiger partial charge < -0.3 is 15.2 Å². The zero-order valence-corrected chi connectivity index (χ0v) is 14.3. The van der Waals surface area contributed by atoms with Crippen LogP contribution in [0.25, 0.3) is 0 Å². The average molecular weight is 350 g/mol. The Morgan fingerprint density at radius 3 is 2.29 bits per heavy atom. The van der Waals surface area contributed by atoms with Crippen molar-refractivity contribution in [1.82, 2.24) is 0 Å². The van der Waals surface area contributed by atoms with Gasteiger partial charge in [-0.05, 0) is 54.8 Å². The molecule has 2 N–H and O–H groups in total. The fraction of sp³-hybridized carbons (Fsp3) is 0.294. The smallest absolute Gasteiger partial charge is 0.124 e. The molecule has 0 fully saturated rings. The van der Waals surface area contributed by atoms with E-state index >= 15 is 0 Å². The molecule has 4 heteroatoms. The summed E-state index contributed by atoms with van der Waals surface area (Å²) in [7, 11) is 3.30. The van der Waals surface area contributed by atoms with Crippen LogP contribution in [-0.2, 0) is 0 Å². The lowest BCUT2D eigenvalue weighted by molar-refractivity contribution is 0.397. The zero-order chi connectivity index (χ0) is 15.6. The predicted molar refractivity (Wildman–Crippen MR) is 89.2 cm³/mol. The lowest BCUT2D eigenvalue weighted by Crippen LogP contribution is -2.15. The Balaban J connectivity index is 2.53. The number of halogens is 1. The summed E-state index contributed by atoms with van der Waals surface area (Å²) in [6.07, 6.45) is 0. The van der Waals surface area contributed by atoms with Crippen LogP contribution in [0.5, 0.6) is 11.5 Å². The van der Waals surface area contributed by atoms with Crippen molar-refractivity contribution in [2.24, 2.45) is 5.73 Å². The van der Waals surface area contributed by atoms with Crippen LogP contribution < -0.4 is 15.2 Å². The number of ether oxygens (including phenoxy) is 2. The molecule has 2 rings (SSSR count). The molecule has 0 aliphatic carbocycles. The van der Waals surface area contributed by atoms with Crippen molar-refractivity contribution in [3.63, 3.8) is 0 Å². The van der Waals surface area contributed by atoms with E-state index in [4.69, 9.17) is 15.2 Å². The van der Waals surface area contributed by atoms with Crippen LogP contribution in [0.15, 0.2) is 34.8 Å². The van der Waals surface area contributed by atoms with E-state index in [9.17, 15) is 0 Å². The lowest BCUT2D eigenvalue weighted by Gasteiger charge is -2.20. The molecule has 0 aromatic heterocycles. The fourth-order valence-electron chi connectivity index (χ4n) is 2.39. The maximum Gasteiger partial charge on any atom is 0.124 e. The minimum Gasteiger partial charge on any atom is -0.497 e. The Morgan fingerprint density at radius 2 is 1.67 bits per heavy atom. The van der Waals surface area contributed by atoms with E-state index in [1.54, 1.807) is 14.2 Å². The largest absolute Gasteiger partial charge is 0.497 e. The van der Waals surface area contributed by atoms with Gasteiger partial charge in [0.2, 0.25) is 0 Å². The summed E-state index contributed by atoms with van der Waals surface area (Å²) in [6, 6.07) is 9.63. The third-order valence-corrected chi connectivity index (χ3v) is 4.51. The number of nitrogens with two attached hydrogens (primary N) is 1. The van der Waals surface area contributed by atoms with Crippen LogP contribution in [0, 0.1) is 13.8 Å². The highest BCUT2D eigenvalue weighted by atomic mass is 79.9. The standard InChI is InChI=1S/C17H20BrNO2/c1-10-8-15(18)11(2)7-13(10)17(19)14-9-12(20-3)5-6-16(14)21-4/h5-9,17H,19H2,1-4H3. The van der Waals surface area contributed by atoms with E-state index in [2.05, 4.69) is 41.9 Å². The molecule has 2 aromatic rings. The molecular weight excluding hydrogens is 330 g/mol. The molecule has 0 saturated heterocycles. The summed E-state index contributed by atoms with van der Waals surface area (Å²) in [5, 5.41) is 0. The van der Waals surface area contributed by atoms with Crippen molar-refractivity contribution >= 4 is 15.9 Å². The van der Waals surface area contributed by atoms with Gasteiger partial charge in [-0.1, -0.05) is 22.0 Å². The summed E-state index contributed by atoms with van der Waals surface area (Å²) in [5.74, 6) is 1.54. The van der Waals surface area contributed by atoms with E-state index < -0.39 is 0 Å². The molecule has 1 unspecified atom stereocenters. The first-order valence-electron chi connectivity index (χ1n) is 6.72. The van der Waals surface area contributed by atoms with Gasteiger partial charge in [0.15, 0.2) is 0 Å². The Labute approximate surface area is 134 Å². The maximum atomic E-state index is 6.49. The second-order valence-corrected chi connectivity index (χ2v) is 5.90. The third-order valence-electron chi connectivity index (χ3n) is 3.65. The van der Waals surface area contributed by atoms with Gasteiger partial charge in [-0.2, -0.15) is 0 Å². The van der Waals surface area contributed by atoms with Crippen molar-refractivity contribution in [3.05, 3.63) is 57.1 Å². The summed E-state index contributed by atoms with van der Waals surface area (Å²) in [6.45, 7) is 4.12. The first-order chi connectivity index (χ1) is 9.97. The van der Waals surface area contributed by atoms with Crippen molar-refractivity contribution in [2.75, 3.05) is 14.2 Å². The van der Waals surface area contributed by atoms with Gasteiger partial charge in [0, 0.05) is 10.0 Å². The molecule has 0 radical (unpaired) electrons. The van der Waals surface area contributed by atoms with Crippen LogP contribution in [-0.4, -0.2) is 14.2 Å².